The monoisotopic (exact) mass is 191 g/mol. The zero-order valence-corrected chi connectivity index (χ0v) is 8.84. The molecule has 0 saturated carbocycles. The summed E-state index contributed by atoms with van der Waals surface area (Å²) in [5, 5.41) is 3.07. The van der Waals surface area contributed by atoms with Crippen molar-refractivity contribution in [2.75, 3.05) is 12.4 Å². The Hall–Kier alpha value is -1.31. The van der Waals surface area contributed by atoms with E-state index >= 15 is 0 Å². The molecule has 14 heavy (non-hydrogen) atoms. The highest BCUT2D eigenvalue weighted by atomic mass is 16.1. The van der Waals surface area contributed by atoms with Gasteiger partial charge in [-0.05, 0) is 37.5 Å². The van der Waals surface area contributed by atoms with E-state index in [-0.39, 0.29) is 5.78 Å². The maximum atomic E-state index is 10.7. The third-order valence-corrected chi connectivity index (χ3v) is 2.24. The number of rotatable bonds is 5. The molecule has 0 heterocycles. The van der Waals surface area contributed by atoms with Crippen LogP contribution in [0.1, 0.15) is 25.3 Å². The highest BCUT2D eigenvalue weighted by Gasteiger charge is 1.96. The topological polar surface area (TPSA) is 29.1 Å². The second-order valence-electron chi connectivity index (χ2n) is 3.50. The van der Waals surface area contributed by atoms with Crippen molar-refractivity contribution in [3.63, 3.8) is 0 Å². The van der Waals surface area contributed by atoms with Crippen molar-refractivity contribution in [2.24, 2.45) is 0 Å². The van der Waals surface area contributed by atoms with Gasteiger partial charge in [-0.25, -0.2) is 0 Å². The molecule has 0 spiro atoms. The minimum Gasteiger partial charge on any atom is -0.388 e. The lowest BCUT2D eigenvalue weighted by Gasteiger charge is -2.02. The summed E-state index contributed by atoms with van der Waals surface area (Å²) in [4.78, 5) is 10.7. The fraction of sp³-hybridized carbons (Fsp3) is 0.417. The first-order chi connectivity index (χ1) is 6.72. The van der Waals surface area contributed by atoms with E-state index in [1.54, 1.807) is 6.92 Å². The Kier molecular flexibility index (Phi) is 4.17. The molecular formula is C12H17NO. The quantitative estimate of drug-likeness (QED) is 0.775. The Morgan fingerprint density at radius 1 is 1.29 bits per heavy atom. The molecule has 2 heteroatoms. The number of anilines is 1. The van der Waals surface area contributed by atoms with Gasteiger partial charge in [-0.15, -0.1) is 0 Å². The highest BCUT2D eigenvalue weighted by Crippen LogP contribution is 2.10. The second-order valence-corrected chi connectivity index (χ2v) is 3.50. The van der Waals surface area contributed by atoms with Crippen LogP contribution in [0.5, 0.6) is 0 Å². The molecule has 0 amide bonds. The fourth-order valence-corrected chi connectivity index (χ4v) is 1.38. The smallest absolute Gasteiger partial charge is 0.129 e. The number of Topliss-reactive ketones (excluding diaryl/α,β-unsaturated/α-hetero) is 1. The van der Waals surface area contributed by atoms with E-state index in [1.807, 2.05) is 7.05 Å². The number of ketones is 1. The normalized spacial score (nSPS) is 9.86. The summed E-state index contributed by atoms with van der Waals surface area (Å²) in [6, 6.07) is 8.32. The summed E-state index contributed by atoms with van der Waals surface area (Å²) in [6.07, 6.45) is 2.63. The standard InChI is InChI=1S/C12H17NO/c1-10(14)4-3-5-11-6-8-12(13-2)9-7-11/h6-9,13H,3-5H2,1-2H3. The summed E-state index contributed by atoms with van der Waals surface area (Å²) in [7, 11) is 1.91. The van der Waals surface area contributed by atoms with Crippen LogP contribution in [-0.2, 0) is 11.2 Å². The first-order valence-electron chi connectivity index (χ1n) is 4.98. The van der Waals surface area contributed by atoms with E-state index < -0.39 is 0 Å². The summed E-state index contributed by atoms with van der Waals surface area (Å²) < 4.78 is 0. The van der Waals surface area contributed by atoms with Crippen LogP contribution >= 0.6 is 0 Å². The van der Waals surface area contributed by atoms with Gasteiger partial charge >= 0.3 is 0 Å². The number of benzene rings is 1. The average molecular weight is 191 g/mol. The minimum atomic E-state index is 0.275. The van der Waals surface area contributed by atoms with Gasteiger partial charge in [0.05, 0.1) is 0 Å². The molecule has 1 aromatic rings. The number of hydrogen-bond acceptors (Lipinski definition) is 2. The van der Waals surface area contributed by atoms with Crippen LogP contribution < -0.4 is 5.32 Å². The Bertz CT molecular complexity index is 290. The summed E-state index contributed by atoms with van der Waals surface area (Å²) in [5.74, 6) is 0.275. The van der Waals surface area contributed by atoms with Crippen LogP contribution in [0.4, 0.5) is 5.69 Å². The van der Waals surface area contributed by atoms with Gasteiger partial charge in [0.2, 0.25) is 0 Å². The fourth-order valence-electron chi connectivity index (χ4n) is 1.38. The molecule has 2 nitrogen and oxygen atoms in total. The van der Waals surface area contributed by atoms with Crippen LogP contribution in [0, 0.1) is 0 Å². The molecule has 1 N–H and O–H groups in total. The van der Waals surface area contributed by atoms with Crippen LogP contribution in [0.2, 0.25) is 0 Å². The van der Waals surface area contributed by atoms with Crippen LogP contribution in [0.15, 0.2) is 24.3 Å². The van der Waals surface area contributed by atoms with Gasteiger partial charge in [0.25, 0.3) is 0 Å². The average Bonchev–Trinajstić information content (AvgIpc) is 2.18. The van der Waals surface area contributed by atoms with Gasteiger partial charge in [-0.3, -0.25) is 0 Å². The number of aryl methyl sites for hydroxylation is 1. The molecule has 0 aliphatic rings. The number of carbonyl (C=O) groups is 1. The molecule has 0 aliphatic carbocycles. The predicted molar refractivity (Wildman–Crippen MR) is 59.6 cm³/mol. The van der Waals surface area contributed by atoms with E-state index in [9.17, 15) is 4.79 Å². The Balaban J connectivity index is 2.40. The van der Waals surface area contributed by atoms with Crippen molar-refractivity contribution in [3.8, 4) is 0 Å². The minimum absolute atomic E-state index is 0.275. The third-order valence-electron chi connectivity index (χ3n) is 2.24. The van der Waals surface area contributed by atoms with E-state index in [2.05, 4.69) is 29.6 Å². The first kappa shape index (κ1) is 10.8. The zero-order chi connectivity index (χ0) is 10.4. The second kappa shape index (κ2) is 5.43. The van der Waals surface area contributed by atoms with E-state index in [0.717, 1.165) is 18.5 Å². The lowest BCUT2D eigenvalue weighted by molar-refractivity contribution is -0.117. The molecule has 1 aromatic carbocycles. The molecule has 0 atom stereocenters. The SMILES string of the molecule is CNc1ccc(CCCC(C)=O)cc1. The summed E-state index contributed by atoms with van der Waals surface area (Å²) >= 11 is 0. The number of carbonyl (C=O) groups excluding carboxylic acids is 1. The maximum Gasteiger partial charge on any atom is 0.129 e. The molecule has 0 aliphatic heterocycles. The number of hydrogen-bond donors (Lipinski definition) is 1. The summed E-state index contributed by atoms with van der Waals surface area (Å²) in [5.41, 5.74) is 2.42. The lowest BCUT2D eigenvalue weighted by Crippen LogP contribution is -1.93. The Morgan fingerprint density at radius 3 is 2.43 bits per heavy atom. The Labute approximate surface area is 85.3 Å². The van der Waals surface area contributed by atoms with E-state index in [0.29, 0.717) is 6.42 Å². The van der Waals surface area contributed by atoms with Crippen LogP contribution in [0.3, 0.4) is 0 Å². The molecule has 76 valence electrons. The van der Waals surface area contributed by atoms with Gasteiger partial charge in [0.15, 0.2) is 0 Å². The molecular weight excluding hydrogens is 174 g/mol. The van der Waals surface area contributed by atoms with Crippen molar-refractivity contribution >= 4 is 11.5 Å². The number of nitrogens with one attached hydrogen (secondary N) is 1. The van der Waals surface area contributed by atoms with Crippen LogP contribution in [-0.4, -0.2) is 12.8 Å². The van der Waals surface area contributed by atoms with Gasteiger partial charge in [-0.1, -0.05) is 12.1 Å². The lowest BCUT2D eigenvalue weighted by atomic mass is 10.1. The maximum absolute atomic E-state index is 10.7. The predicted octanol–water partition coefficient (Wildman–Crippen LogP) is 2.64. The van der Waals surface area contributed by atoms with Gasteiger partial charge in [-0.2, -0.15) is 0 Å². The summed E-state index contributed by atoms with van der Waals surface area (Å²) in [6.45, 7) is 1.64. The molecule has 0 radical (unpaired) electrons. The van der Waals surface area contributed by atoms with Crippen molar-refractivity contribution in [3.05, 3.63) is 29.8 Å². The highest BCUT2D eigenvalue weighted by molar-refractivity contribution is 5.75. The van der Waals surface area contributed by atoms with Gasteiger partial charge < -0.3 is 10.1 Å². The molecule has 0 saturated heterocycles. The first-order valence-corrected chi connectivity index (χ1v) is 4.98. The molecule has 0 unspecified atom stereocenters. The molecule has 0 bridgehead atoms. The van der Waals surface area contributed by atoms with Crippen LogP contribution in [0.25, 0.3) is 0 Å². The third kappa shape index (κ3) is 3.60. The molecule has 0 aromatic heterocycles. The largest absolute Gasteiger partial charge is 0.388 e. The van der Waals surface area contributed by atoms with E-state index in [4.69, 9.17) is 0 Å². The van der Waals surface area contributed by atoms with E-state index in [1.165, 1.54) is 5.56 Å². The van der Waals surface area contributed by atoms with Crippen molar-refractivity contribution in [2.45, 2.75) is 26.2 Å². The van der Waals surface area contributed by atoms with Crippen molar-refractivity contribution in [1.29, 1.82) is 0 Å². The van der Waals surface area contributed by atoms with Gasteiger partial charge in [0.1, 0.15) is 5.78 Å². The van der Waals surface area contributed by atoms with Crippen molar-refractivity contribution in [1.82, 2.24) is 0 Å². The molecule has 0 fully saturated rings. The Morgan fingerprint density at radius 2 is 1.93 bits per heavy atom. The zero-order valence-electron chi connectivity index (χ0n) is 8.84. The van der Waals surface area contributed by atoms with Crippen molar-refractivity contribution < 1.29 is 4.79 Å². The van der Waals surface area contributed by atoms with Gasteiger partial charge in [0, 0.05) is 19.2 Å². The molecule has 1 rings (SSSR count).